The average Bonchev–Trinajstić information content (AvgIpc) is 2.18. The van der Waals surface area contributed by atoms with Gasteiger partial charge in [0.1, 0.15) is 0 Å². The van der Waals surface area contributed by atoms with Gasteiger partial charge in [-0.3, -0.25) is 0 Å². The maximum Gasteiger partial charge on any atom is 0.202 e. The summed E-state index contributed by atoms with van der Waals surface area (Å²) in [5, 5.41) is 0. The quantitative estimate of drug-likeness (QED) is 0.727. The summed E-state index contributed by atoms with van der Waals surface area (Å²) in [7, 11) is -3.23. The third-order valence-corrected chi connectivity index (χ3v) is 3.86. The summed E-state index contributed by atoms with van der Waals surface area (Å²) < 4.78 is 23.4. The van der Waals surface area contributed by atoms with Crippen molar-refractivity contribution < 1.29 is 8.42 Å². The molecule has 0 bridgehead atoms. The third kappa shape index (κ3) is 1.98. The lowest BCUT2D eigenvalue weighted by Crippen LogP contribution is -2.01. The van der Waals surface area contributed by atoms with E-state index in [9.17, 15) is 8.42 Å². The molecule has 0 saturated carbocycles. The van der Waals surface area contributed by atoms with Crippen molar-refractivity contribution in [3.05, 3.63) is 41.3 Å². The van der Waals surface area contributed by atoms with Gasteiger partial charge in [0.15, 0.2) is 0 Å². The first-order valence-corrected chi connectivity index (χ1v) is 5.50. The summed E-state index contributed by atoms with van der Waals surface area (Å²) in [5.41, 5.74) is 0. The summed E-state index contributed by atoms with van der Waals surface area (Å²) in [4.78, 5) is 0.740. The van der Waals surface area contributed by atoms with Gasteiger partial charge in [-0.05, 0) is 26.0 Å². The molecule has 0 unspecified atom stereocenters. The maximum atomic E-state index is 11.7. The normalized spacial score (nSPS) is 12.9. The van der Waals surface area contributed by atoms with E-state index in [-0.39, 0.29) is 0 Å². The molecule has 1 aromatic carbocycles. The van der Waals surface area contributed by atoms with Crippen LogP contribution in [0.4, 0.5) is 0 Å². The molecule has 0 amide bonds. The van der Waals surface area contributed by atoms with Crippen molar-refractivity contribution in [2.75, 3.05) is 0 Å². The van der Waals surface area contributed by atoms with Crippen molar-refractivity contribution in [2.45, 2.75) is 18.7 Å². The van der Waals surface area contributed by atoms with Crippen LogP contribution in [0.15, 0.2) is 46.2 Å². The van der Waals surface area contributed by atoms with Crippen LogP contribution in [0, 0.1) is 0 Å². The molecule has 70 valence electrons. The molecular formula is C10H12O2S. The number of rotatable bonds is 2. The Hall–Kier alpha value is -1.09. The highest BCUT2D eigenvalue weighted by atomic mass is 32.2. The van der Waals surface area contributed by atoms with E-state index in [1.165, 1.54) is 0 Å². The van der Waals surface area contributed by atoms with Crippen LogP contribution in [0.1, 0.15) is 13.8 Å². The van der Waals surface area contributed by atoms with Gasteiger partial charge < -0.3 is 0 Å². The zero-order valence-electron chi connectivity index (χ0n) is 7.69. The van der Waals surface area contributed by atoms with Crippen LogP contribution in [-0.2, 0) is 9.84 Å². The van der Waals surface area contributed by atoms with Gasteiger partial charge in [-0.15, -0.1) is 0 Å². The minimum atomic E-state index is -3.23. The highest BCUT2D eigenvalue weighted by Gasteiger charge is 2.14. The smallest absolute Gasteiger partial charge is 0.202 e. The fourth-order valence-electron chi connectivity index (χ4n) is 0.941. The SMILES string of the molecule is C/C=C(\C)S(=O)(=O)c1ccccc1. The zero-order chi connectivity index (χ0) is 9.90. The molecule has 0 aliphatic rings. The van der Waals surface area contributed by atoms with E-state index >= 15 is 0 Å². The molecule has 0 spiro atoms. The van der Waals surface area contributed by atoms with Crippen LogP contribution in [-0.4, -0.2) is 8.42 Å². The Kier molecular flexibility index (Phi) is 2.88. The molecule has 0 saturated heterocycles. The maximum absolute atomic E-state index is 11.7. The fourth-order valence-corrected chi connectivity index (χ4v) is 2.14. The molecule has 13 heavy (non-hydrogen) atoms. The Morgan fingerprint density at radius 2 is 1.77 bits per heavy atom. The predicted octanol–water partition coefficient (Wildman–Crippen LogP) is 2.38. The molecule has 0 radical (unpaired) electrons. The van der Waals surface area contributed by atoms with Crippen molar-refractivity contribution in [1.29, 1.82) is 0 Å². The minimum Gasteiger partial charge on any atom is -0.219 e. The number of allylic oxidation sites excluding steroid dienone is 2. The van der Waals surface area contributed by atoms with E-state index in [0.29, 0.717) is 9.80 Å². The van der Waals surface area contributed by atoms with Crippen LogP contribution in [0.2, 0.25) is 0 Å². The largest absolute Gasteiger partial charge is 0.219 e. The van der Waals surface area contributed by atoms with Gasteiger partial charge in [-0.25, -0.2) is 8.42 Å². The van der Waals surface area contributed by atoms with Crippen LogP contribution in [0.5, 0.6) is 0 Å². The van der Waals surface area contributed by atoms with Gasteiger partial charge in [-0.1, -0.05) is 24.3 Å². The number of benzene rings is 1. The highest BCUT2D eigenvalue weighted by Crippen LogP contribution is 2.17. The second kappa shape index (κ2) is 3.75. The topological polar surface area (TPSA) is 34.1 Å². The molecule has 1 aromatic rings. The van der Waals surface area contributed by atoms with Crippen molar-refractivity contribution in [1.82, 2.24) is 0 Å². The summed E-state index contributed by atoms with van der Waals surface area (Å²) in [5.74, 6) is 0. The summed E-state index contributed by atoms with van der Waals surface area (Å²) in [6.45, 7) is 3.32. The monoisotopic (exact) mass is 196 g/mol. The fraction of sp³-hybridized carbons (Fsp3) is 0.200. The summed E-state index contributed by atoms with van der Waals surface area (Å²) in [6, 6.07) is 8.43. The van der Waals surface area contributed by atoms with Crippen LogP contribution in [0.3, 0.4) is 0 Å². The Labute approximate surface area is 78.8 Å². The van der Waals surface area contributed by atoms with Crippen LogP contribution < -0.4 is 0 Å². The van der Waals surface area contributed by atoms with E-state index < -0.39 is 9.84 Å². The molecule has 0 atom stereocenters. The molecule has 3 heteroatoms. The van der Waals surface area contributed by atoms with Crippen molar-refractivity contribution in [2.24, 2.45) is 0 Å². The van der Waals surface area contributed by atoms with Crippen molar-refractivity contribution >= 4 is 9.84 Å². The second-order valence-corrected chi connectivity index (χ2v) is 4.84. The first-order valence-electron chi connectivity index (χ1n) is 4.02. The number of hydrogen-bond acceptors (Lipinski definition) is 2. The lowest BCUT2D eigenvalue weighted by atomic mass is 10.4. The lowest BCUT2D eigenvalue weighted by Gasteiger charge is -2.02. The van der Waals surface area contributed by atoms with E-state index in [1.807, 2.05) is 0 Å². The first kappa shape index (κ1) is 9.99. The van der Waals surface area contributed by atoms with E-state index in [0.717, 1.165) is 0 Å². The van der Waals surface area contributed by atoms with Gasteiger partial charge in [0.25, 0.3) is 0 Å². The van der Waals surface area contributed by atoms with E-state index in [2.05, 4.69) is 0 Å². The van der Waals surface area contributed by atoms with Crippen LogP contribution >= 0.6 is 0 Å². The summed E-state index contributed by atoms with van der Waals surface area (Å²) >= 11 is 0. The Bertz CT molecular complexity index is 402. The van der Waals surface area contributed by atoms with Gasteiger partial charge >= 0.3 is 0 Å². The van der Waals surface area contributed by atoms with Gasteiger partial charge in [0, 0.05) is 4.91 Å². The van der Waals surface area contributed by atoms with E-state index in [4.69, 9.17) is 0 Å². The molecule has 0 aliphatic heterocycles. The second-order valence-electron chi connectivity index (χ2n) is 2.72. The Balaban J connectivity index is 3.25. The molecular weight excluding hydrogens is 184 g/mol. The van der Waals surface area contributed by atoms with Gasteiger partial charge in [0.2, 0.25) is 9.84 Å². The summed E-state index contributed by atoms with van der Waals surface area (Å²) in [6.07, 6.45) is 1.60. The van der Waals surface area contributed by atoms with Crippen molar-refractivity contribution in [3.63, 3.8) is 0 Å². The molecule has 0 N–H and O–H groups in total. The number of hydrogen-bond donors (Lipinski definition) is 0. The van der Waals surface area contributed by atoms with Crippen LogP contribution in [0.25, 0.3) is 0 Å². The molecule has 0 aliphatic carbocycles. The highest BCUT2D eigenvalue weighted by molar-refractivity contribution is 7.95. The molecule has 1 rings (SSSR count). The average molecular weight is 196 g/mol. The molecule has 0 fully saturated rings. The standard InChI is InChI=1S/C10H12O2S/c1-3-9(2)13(11,12)10-7-5-4-6-8-10/h3-8H,1-2H3/b9-3+. The van der Waals surface area contributed by atoms with Gasteiger partial charge in [-0.2, -0.15) is 0 Å². The minimum absolute atomic E-state index is 0.352. The zero-order valence-corrected chi connectivity index (χ0v) is 8.51. The number of sulfone groups is 1. The molecule has 0 aromatic heterocycles. The van der Waals surface area contributed by atoms with Gasteiger partial charge in [0.05, 0.1) is 4.90 Å². The Morgan fingerprint density at radius 3 is 2.23 bits per heavy atom. The van der Waals surface area contributed by atoms with Crippen molar-refractivity contribution in [3.8, 4) is 0 Å². The molecule has 0 heterocycles. The third-order valence-electron chi connectivity index (χ3n) is 1.88. The predicted molar refractivity (Wildman–Crippen MR) is 53.1 cm³/mol. The molecule has 2 nitrogen and oxygen atoms in total. The van der Waals surface area contributed by atoms with E-state index in [1.54, 1.807) is 50.3 Å². The Morgan fingerprint density at radius 1 is 1.23 bits per heavy atom. The lowest BCUT2D eigenvalue weighted by molar-refractivity contribution is 0.602. The first-order chi connectivity index (χ1) is 6.09.